The summed E-state index contributed by atoms with van der Waals surface area (Å²) >= 11 is 1.75. The van der Waals surface area contributed by atoms with E-state index in [0.717, 1.165) is 30.4 Å². The van der Waals surface area contributed by atoms with Crippen LogP contribution in [-0.4, -0.2) is 24.2 Å². The summed E-state index contributed by atoms with van der Waals surface area (Å²) < 4.78 is 5.66. The molecule has 2 aromatic rings. The molecule has 3 nitrogen and oxygen atoms in total. The first-order valence-corrected chi connectivity index (χ1v) is 9.06. The number of ether oxygens (including phenoxy) is 1. The van der Waals surface area contributed by atoms with Gasteiger partial charge in [0.25, 0.3) is 0 Å². The SMILES string of the molecule is Cc1sc(NC[C@@H]2CCCO2)nc1-c1ccc2c(c1)CCC2. The molecule has 116 valence electrons. The fourth-order valence-corrected chi connectivity index (χ4v) is 4.31. The van der Waals surface area contributed by atoms with Crippen LogP contribution in [-0.2, 0) is 17.6 Å². The first-order chi connectivity index (χ1) is 10.8. The summed E-state index contributed by atoms with van der Waals surface area (Å²) in [7, 11) is 0. The van der Waals surface area contributed by atoms with Crippen molar-refractivity contribution in [1.82, 2.24) is 4.98 Å². The van der Waals surface area contributed by atoms with Gasteiger partial charge in [-0.25, -0.2) is 4.98 Å². The van der Waals surface area contributed by atoms with E-state index in [-0.39, 0.29) is 0 Å². The van der Waals surface area contributed by atoms with Gasteiger partial charge in [0, 0.05) is 23.6 Å². The summed E-state index contributed by atoms with van der Waals surface area (Å²) in [5.41, 5.74) is 5.43. The Morgan fingerprint density at radius 3 is 3.05 bits per heavy atom. The minimum atomic E-state index is 0.354. The summed E-state index contributed by atoms with van der Waals surface area (Å²) in [6.45, 7) is 3.94. The van der Waals surface area contributed by atoms with Crippen molar-refractivity contribution in [1.29, 1.82) is 0 Å². The van der Waals surface area contributed by atoms with Gasteiger partial charge in [-0.05, 0) is 56.2 Å². The number of aromatic nitrogens is 1. The van der Waals surface area contributed by atoms with Crippen LogP contribution in [0.2, 0.25) is 0 Å². The zero-order valence-electron chi connectivity index (χ0n) is 13.0. The van der Waals surface area contributed by atoms with Crippen LogP contribution in [0.4, 0.5) is 5.13 Å². The van der Waals surface area contributed by atoms with Crippen molar-refractivity contribution in [2.45, 2.75) is 45.1 Å². The molecule has 2 heterocycles. The predicted octanol–water partition coefficient (Wildman–Crippen LogP) is 4.20. The van der Waals surface area contributed by atoms with Gasteiger partial charge < -0.3 is 10.1 Å². The Hall–Kier alpha value is -1.39. The molecule has 1 N–H and O–H groups in total. The lowest BCUT2D eigenvalue weighted by molar-refractivity contribution is 0.120. The fourth-order valence-electron chi connectivity index (χ4n) is 3.47. The summed E-state index contributed by atoms with van der Waals surface area (Å²) in [4.78, 5) is 6.10. The maximum Gasteiger partial charge on any atom is 0.183 e. The van der Waals surface area contributed by atoms with E-state index in [2.05, 4.69) is 30.4 Å². The maximum atomic E-state index is 5.66. The molecular formula is C18H22N2OS. The second-order valence-electron chi connectivity index (χ2n) is 6.28. The third-order valence-corrected chi connectivity index (χ3v) is 5.60. The zero-order valence-corrected chi connectivity index (χ0v) is 13.8. The lowest BCUT2D eigenvalue weighted by atomic mass is 10.0. The van der Waals surface area contributed by atoms with Crippen LogP contribution in [0.15, 0.2) is 18.2 Å². The molecule has 1 aliphatic carbocycles. The third kappa shape index (κ3) is 2.77. The Morgan fingerprint density at radius 2 is 2.18 bits per heavy atom. The molecule has 1 fully saturated rings. The molecule has 1 aliphatic heterocycles. The number of rotatable bonds is 4. The smallest absolute Gasteiger partial charge is 0.183 e. The van der Waals surface area contributed by atoms with E-state index in [1.807, 2.05) is 0 Å². The van der Waals surface area contributed by atoms with Gasteiger partial charge in [-0.1, -0.05) is 12.1 Å². The molecule has 0 bridgehead atoms. The van der Waals surface area contributed by atoms with Crippen molar-refractivity contribution in [3.05, 3.63) is 34.2 Å². The van der Waals surface area contributed by atoms with Crippen molar-refractivity contribution in [2.24, 2.45) is 0 Å². The standard InChI is InChI=1S/C18H22N2OS/c1-12-17(15-8-7-13-4-2-5-14(13)10-15)20-18(22-12)19-11-16-6-3-9-21-16/h7-8,10,16H,2-6,9,11H2,1H3,(H,19,20)/t16-/m0/s1. The van der Waals surface area contributed by atoms with E-state index in [4.69, 9.17) is 9.72 Å². The van der Waals surface area contributed by atoms with Crippen molar-refractivity contribution in [3.8, 4) is 11.3 Å². The van der Waals surface area contributed by atoms with Gasteiger partial charge in [0.05, 0.1) is 11.8 Å². The van der Waals surface area contributed by atoms with Crippen LogP contribution >= 0.6 is 11.3 Å². The highest BCUT2D eigenvalue weighted by molar-refractivity contribution is 7.16. The molecular weight excluding hydrogens is 292 g/mol. The second-order valence-corrected chi connectivity index (χ2v) is 7.48. The topological polar surface area (TPSA) is 34.1 Å². The minimum absolute atomic E-state index is 0.354. The van der Waals surface area contributed by atoms with Gasteiger partial charge in [0.15, 0.2) is 5.13 Å². The highest BCUT2D eigenvalue weighted by Gasteiger charge is 2.17. The Bertz CT molecular complexity index is 674. The van der Waals surface area contributed by atoms with Crippen molar-refractivity contribution in [3.63, 3.8) is 0 Å². The minimum Gasteiger partial charge on any atom is -0.376 e. The average Bonchev–Trinajstić information content (AvgIpc) is 3.25. The monoisotopic (exact) mass is 314 g/mol. The molecule has 2 aliphatic rings. The number of hydrogen-bond acceptors (Lipinski definition) is 4. The number of anilines is 1. The molecule has 1 aromatic carbocycles. The Labute approximate surface area is 135 Å². The van der Waals surface area contributed by atoms with Crippen LogP contribution in [0.5, 0.6) is 0 Å². The normalized spacial score (nSPS) is 20.3. The van der Waals surface area contributed by atoms with Gasteiger partial charge in [-0.15, -0.1) is 11.3 Å². The lowest BCUT2D eigenvalue weighted by Crippen LogP contribution is -2.18. The lowest BCUT2D eigenvalue weighted by Gasteiger charge is -2.09. The van der Waals surface area contributed by atoms with Gasteiger partial charge in [0.1, 0.15) is 0 Å². The first-order valence-electron chi connectivity index (χ1n) is 8.25. The molecule has 0 radical (unpaired) electrons. The van der Waals surface area contributed by atoms with Gasteiger partial charge in [-0.3, -0.25) is 0 Å². The number of nitrogens with zero attached hydrogens (tertiary/aromatic N) is 1. The quantitative estimate of drug-likeness (QED) is 0.918. The van der Waals surface area contributed by atoms with Crippen molar-refractivity contribution in [2.75, 3.05) is 18.5 Å². The van der Waals surface area contributed by atoms with Crippen LogP contribution in [0.1, 0.15) is 35.3 Å². The Kier molecular flexibility index (Phi) is 3.89. The van der Waals surface area contributed by atoms with Gasteiger partial charge in [-0.2, -0.15) is 0 Å². The Balaban J connectivity index is 1.52. The molecule has 0 saturated carbocycles. The van der Waals surface area contributed by atoms with Crippen molar-refractivity contribution >= 4 is 16.5 Å². The summed E-state index contributed by atoms with van der Waals surface area (Å²) in [6.07, 6.45) is 6.45. The van der Waals surface area contributed by atoms with Gasteiger partial charge in [0.2, 0.25) is 0 Å². The largest absolute Gasteiger partial charge is 0.376 e. The van der Waals surface area contributed by atoms with E-state index in [9.17, 15) is 0 Å². The molecule has 1 saturated heterocycles. The molecule has 22 heavy (non-hydrogen) atoms. The number of hydrogen-bond donors (Lipinski definition) is 1. The first kappa shape index (κ1) is 14.2. The summed E-state index contributed by atoms with van der Waals surface area (Å²) in [5.74, 6) is 0. The average molecular weight is 314 g/mol. The number of thiazole rings is 1. The van der Waals surface area contributed by atoms with Crippen LogP contribution in [0.25, 0.3) is 11.3 Å². The fraction of sp³-hybridized carbons (Fsp3) is 0.500. The number of nitrogens with one attached hydrogen (secondary N) is 1. The van der Waals surface area contributed by atoms with Crippen molar-refractivity contribution < 1.29 is 4.74 Å². The van der Waals surface area contributed by atoms with Crippen LogP contribution < -0.4 is 5.32 Å². The molecule has 0 unspecified atom stereocenters. The molecule has 1 atom stereocenters. The third-order valence-electron chi connectivity index (χ3n) is 4.67. The number of benzene rings is 1. The van der Waals surface area contributed by atoms with Gasteiger partial charge >= 0.3 is 0 Å². The molecule has 1 aromatic heterocycles. The van der Waals surface area contributed by atoms with E-state index in [0.29, 0.717) is 6.10 Å². The highest BCUT2D eigenvalue weighted by Crippen LogP contribution is 2.33. The van der Waals surface area contributed by atoms with E-state index in [1.54, 1.807) is 11.3 Å². The molecule has 4 rings (SSSR count). The van der Waals surface area contributed by atoms with E-state index in [1.165, 1.54) is 47.3 Å². The summed E-state index contributed by atoms with van der Waals surface area (Å²) in [6, 6.07) is 6.86. The molecule has 4 heteroatoms. The van der Waals surface area contributed by atoms with Crippen LogP contribution in [0, 0.1) is 6.92 Å². The van der Waals surface area contributed by atoms with Crippen LogP contribution in [0.3, 0.4) is 0 Å². The Morgan fingerprint density at radius 1 is 1.27 bits per heavy atom. The molecule has 0 spiro atoms. The second kappa shape index (κ2) is 6.01. The maximum absolute atomic E-state index is 5.66. The highest BCUT2D eigenvalue weighted by atomic mass is 32.1. The number of fused-ring (bicyclic) bond motifs is 1. The molecule has 0 amide bonds. The predicted molar refractivity (Wildman–Crippen MR) is 91.8 cm³/mol. The summed E-state index contributed by atoms with van der Waals surface area (Å²) in [5, 5.41) is 4.47. The zero-order chi connectivity index (χ0) is 14.9. The van der Waals surface area contributed by atoms with E-state index < -0.39 is 0 Å². The van der Waals surface area contributed by atoms with E-state index >= 15 is 0 Å². The number of aryl methyl sites for hydroxylation is 3.